The van der Waals surface area contributed by atoms with Crippen molar-refractivity contribution in [2.75, 3.05) is 7.05 Å². The molecule has 2 aromatic carbocycles. The van der Waals surface area contributed by atoms with Gasteiger partial charge in [-0.25, -0.2) is 0 Å². The van der Waals surface area contributed by atoms with Gasteiger partial charge in [-0.15, -0.1) is 0 Å². The van der Waals surface area contributed by atoms with Crippen LogP contribution < -0.4 is 5.32 Å². The number of benzene rings is 2. The lowest BCUT2D eigenvalue weighted by atomic mass is 9.94. The first-order valence-corrected chi connectivity index (χ1v) is 16.8. The summed E-state index contributed by atoms with van der Waals surface area (Å²) in [6.07, 6.45) is 2.43. The van der Waals surface area contributed by atoms with Gasteiger partial charge in [0.15, 0.2) is 0 Å². The van der Waals surface area contributed by atoms with Gasteiger partial charge in [-0.05, 0) is 84.8 Å². The minimum Gasteiger partial charge on any atom is -0.508 e. The smallest absolute Gasteiger partial charge is 0.246 e. The average molecular weight is 710 g/mol. The van der Waals surface area contributed by atoms with Gasteiger partial charge in [0.25, 0.3) is 0 Å². The molecule has 0 spiro atoms. The highest BCUT2D eigenvalue weighted by atomic mass is 79.9. The number of aromatic amines is 1. The summed E-state index contributed by atoms with van der Waals surface area (Å²) in [6, 6.07) is 10.9. The maximum absolute atomic E-state index is 14.1. The Morgan fingerprint density at radius 3 is 2.40 bits per heavy atom. The molecule has 1 aromatic heterocycles. The van der Waals surface area contributed by atoms with Gasteiger partial charge in [-0.1, -0.05) is 55.8 Å². The number of phenolic OH excluding ortho intramolecular Hbond substituents is 1. The van der Waals surface area contributed by atoms with Crippen LogP contribution in [0.15, 0.2) is 64.8 Å². The number of nitrogens with zero attached hydrogens (tertiary/aromatic N) is 2. The SMILES string of the molecule is C/C(=C\[C@H](C)C[C@H](C)O)CC(C)C(=O)N1C(=O)C[C@H](c2ccc(O)cc2)NC(=O)[C@@H](Cc2c(Br)[nH]c3ccccc23)N(C)C(=O)[C@@H]1C. The second-order valence-electron chi connectivity index (χ2n) is 12.9. The molecule has 2 heterocycles. The predicted octanol–water partition coefficient (Wildman–Crippen LogP) is 5.39. The van der Waals surface area contributed by atoms with Gasteiger partial charge in [-0.3, -0.25) is 24.1 Å². The molecule has 1 unspecified atom stereocenters. The number of carbonyl (C=O) groups is 4. The Balaban J connectivity index is 1.71. The number of aliphatic hydroxyl groups is 1. The third kappa shape index (κ3) is 8.50. The molecule has 47 heavy (non-hydrogen) atoms. The number of aromatic hydroxyl groups is 1. The number of halogens is 1. The van der Waals surface area contributed by atoms with Crippen LogP contribution in [-0.4, -0.2) is 73.9 Å². The molecule has 4 amide bonds. The fraction of sp³-hybridized carbons (Fsp3) is 0.444. The lowest BCUT2D eigenvalue weighted by Gasteiger charge is -2.37. The number of imide groups is 1. The van der Waals surface area contributed by atoms with Crippen molar-refractivity contribution in [2.45, 2.75) is 84.5 Å². The number of aliphatic hydroxyl groups excluding tert-OH is 1. The Bertz CT molecular complexity index is 1650. The largest absolute Gasteiger partial charge is 0.508 e. The zero-order chi connectivity index (χ0) is 34.6. The molecule has 4 N–H and O–H groups in total. The van der Waals surface area contributed by atoms with Crippen LogP contribution in [0.4, 0.5) is 0 Å². The summed E-state index contributed by atoms with van der Waals surface area (Å²) in [6.45, 7) is 8.91. The summed E-state index contributed by atoms with van der Waals surface area (Å²) in [4.78, 5) is 61.8. The van der Waals surface area contributed by atoms with Crippen LogP contribution in [0, 0.1) is 11.8 Å². The Hall–Kier alpha value is -3.96. The Labute approximate surface area is 284 Å². The molecule has 1 saturated heterocycles. The number of H-pyrrole nitrogens is 1. The summed E-state index contributed by atoms with van der Waals surface area (Å²) in [5.74, 6) is -2.52. The van der Waals surface area contributed by atoms with E-state index in [1.165, 1.54) is 31.0 Å². The highest BCUT2D eigenvalue weighted by Gasteiger charge is 2.41. The second-order valence-corrected chi connectivity index (χ2v) is 13.7. The number of amides is 4. The molecule has 252 valence electrons. The highest BCUT2D eigenvalue weighted by molar-refractivity contribution is 9.10. The summed E-state index contributed by atoms with van der Waals surface area (Å²) in [5, 5.41) is 23.5. The van der Waals surface area contributed by atoms with E-state index in [-0.39, 0.29) is 24.5 Å². The standard InChI is InChI=1S/C36H45BrN4O6/c1-20(15-21(2)17-23(4)42)16-22(3)35(46)41-24(5)36(47)40(6)31(18-28-27-9-7-8-10-29(27)38-33(28)37)34(45)39-30(19-32(41)44)25-11-13-26(43)14-12-25/h7-15,21-24,30-31,38,42-43H,16-19H2,1-6H3,(H,39,45)/b20-15+/t21-,22?,23-,24-,30+,31+/m0/s1. The molecule has 11 heteroatoms. The maximum Gasteiger partial charge on any atom is 0.246 e. The molecule has 1 aliphatic heterocycles. The number of hydrogen-bond acceptors (Lipinski definition) is 6. The van der Waals surface area contributed by atoms with E-state index in [4.69, 9.17) is 0 Å². The first-order valence-electron chi connectivity index (χ1n) is 16.0. The summed E-state index contributed by atoms with van der Waals surface area (Å²) in [5.41, 5.74) is 3.21. The first-order chi connectivity index (χ1) is 22.2. The van der Waals surface area contributed by atoms with Crippen LogP contribution in [0.2, 0.25) is 0 Å². The lowest BCUT2D eigenvalue weighted by molar-refractivity contribution is -0.158. The van der Waals surface area contributed by atoms with E-state index in [9.17, 15) is 29.4 Å². The van der Waals surface area contributed by atoms with Crippen molar-refractivity contribution in [2.24, 2.45) is 11.8 Å². The van der Waals surface area contributed by atoms with Gasteiger partial charge >= 0.3 is 0 Å². The second kappa shape index (κ2) is 15.3. The number of likely N-dealkylation sites (N-methyl/N-ethyl adjacent to an activating group) is 1. The van der Waals surface area contributed by atoms with Crippen LogP contribution in [0.25, 0.3) is 10.9 Å². The fourth-order valence-corrected chi connectivity index (χ4v) is 7.11. The molecule has 6 atom stereocenters. The number of fused-ring (bicyclic) bond motifs is 1. The van der Waals surface area contributed by atoms with Gasteiger partial charge < -0.3 is 25.4 Å². The van der Waals surface area contributed by atoms with Gasteiger partial charge in [0.2, 0.25) is 23.6 Å². The molecule has 4 rings (SSSR count). The molecule has 0 aliphatic carbocycles. The van der Waals surface area contributed by atoms with E-state index in [0.29, 0.717) is 23.0 Å². The summed E-state index contributed by atoms with van der Waals surface area (Å²) >= 11 is 3.59. The van der Waals surface area contributed by atoms with Gasteiger partial charge in [0.05, 0.1) is 23.2 Å². The minimum absolute atomic E-state index is 0.0316. The molecule has 1 aliphatic rings. The number of nitrogens with one attached hydrogen (secondary N) is 2. The Morgan fingerprint density at radius 1 is 1.09 bits per heavy atom. The Morgan fingerprint density at radius 2 is 1.74 bits per heavy atom. The maximum atomic E-state index is 14.1. The molecule has 10 nitrogen and oxygen atoms in total. The van der Waals surface area contributed by atoms with E-state index >= 15 is 0 Å². The third-order valence-corrected chi connectivity index (χ3v) is 9.53. The first kappa shape index (κ1) is 35.9. The molecule has 1 fully saturated rings. The molecule has 0 radical (unpaired) electrons. The zero-order valence-electron chi connectivity index (χ0n) is 27.8. The summed E-state index contributed by atoms with van der Waals surface area (Å²) < 4.78 is 0.694. The highest BCUT2D eigenvalue weighted by Crippen LogP contribution is 2.30. The van der Waals surface area contributed by atoms with E-state index in [1.807, 2.05) is 44.2 Å². The van der Waals surface area contributed by atoms with Crippen LogP contribution in [0.1, 0.15) is 71.0 Å². The fourth-order valence-electron chi connectivity index (χ4n) is 6.52. The number of hydrogen-bond donors (Lipinski definition) is 4. The number of rotatable bonds is 9. The van der Waals surface area contributed by atoms with E-state index in [1.54, 1.807) is 26.0 Å². The van der Waals surface area contributed by atoms with Crippen molar-refractivity contribution in [3.05, 3.63) is 75.9 Å². The van der Waals surface area contributed by atoms with Crippen molar-refractivity contribution in [3.8, 4) is 5.75 Å². The van der Waals surface area contributed by atoms with Crippen LogP contribution in [0.5, 0.6) is 5.75 Å². The number of phenols is 1. The van der Waals surface area contributed by atoms with Crippen molar-refractivity contribution in [1.82, 2.24) is 20.1 Å². The van der Waals surface area contributed by atoms with E-state index in [2.05, 4.69) is 26.2 Å². The molecule has 3 aromatic rings. The molecule has 0 saturated carbocycles. The van der Waals surface area contributed by atoms with Gasteiger partial charge in [0.1, 0.15) is 17.8 Å². The van der Waals surface area contributed by atoms with Crippen molar-refractivity contribution in [3.63, 3.8) is 0 Å². The summed E-state index contributed by atoms with van der Waals surface area (Å²) in [7, 11) is 1.52. The topological polar surface area (TPSA) is 143 Å². The molecule has 0 bridgehead atoms. The van der Waals surface area contributed by atoms with Crippen molar-refractivity contribution >= 4 is 50.5 Å². The Kier molecular flexibility index (Phi) is 11.7. The number of carbonyl (C=O) groups excluding carboxylic acids is 4. The lowest BCUT2D eigenvalue weighted by Crippen LogP contribution is -2.59. The monoisotopic (exact) mass is 708 g/mol. The normalized spacial score (nSPS) is 21.8. The number of para-hydroxylation sites is 1. The zero-order valence-corrected chi connectivity index (χ0v) is 29.4. The van der Waals surface area contributed by atoms with E-state index in [0.717, 1.165) is 26.9 Å². The number of aromatic nitrogens is 1. The predicted molar refractivity (Wildman–Crippen MR) is 184 cm³/mol. The number of allylic oxidation sites excluding steroid dienone is 2. The average Bonchev–Trinajstić information content (AvgIpc) is 3.32. The molecular weight excluding hydrogens is 664 g/mol. The van der Waals surface area contributed by atoms with Crippen molar-refractivity contribution < 1.29 is 29.4 Å². The van der Waals surface area contributed by atoms with Crippen LogP contribution in [-0.2, 0) is 25.6 Å². The van der Waals surface area contributed by atoms with Crippen LogP contribution in [0.3, 0.4) is 0 Å². The quantitative estimate of drug-likeness (QED) is 0.220. The van der Waals surface area contributed by atoms with Gasteiger partial charge in [-0.2, -0.15) is 0 Å². The third-order valence-electron chi connectivity index (χ3n) is 8.85. The van der Waals surface area contributed by atoms with Crippen molar-refractivity contribution in [1.29, 1.82) is 0 Å². The molecular formula is C36H45BrN4O6. The minimum atomic E-state index is -1.17. The van der Waals surface area contributed by atoms with Crippen LogP contribution >= 0.6 is 15.9 Å². The van der Waals surface area contributed by atoms with Gasteiger partial charge in [0, 0.05) is 30.3 Å². The van der Waals surface area contributed by atoms with E-state index < -0.39 is 53.8 Å².